The molecule has 2 unspecified atom stereocenters. The quantitative estimate of drug-likeness (QED) is 0.464. The smallest absolute Gasteiger partial charge is 0.381 e. The zero-order valence-corrected chi connectivity index (χ0v) is 20.8. The Balaban J connectivity index is 1.21. The van der Waals surface area contributed by atoms with Crippen molar-refractivity contribution in [2.45, 2.75) is 31.6 Å². The number of likely N-dealkylation sites (N-methyl/N-ethyl adjacent to an activating group) is 1. The van der Waals surface area contributed by atoms with Crippen molar-refractivity contribution < 1.29 is 32.2 Å². The van der Waals surface area contributed by atoms with Gasteiger partial charge in [0.1, 0.15) is 11.9 Å². The first-order chi connectivity index (χ1) is 18.6. The number of imidazole rings is 1. The van der Waals surface area contributed by atoms with E-state index in [0.717, 1.165) is 12.4 Å². The standard InChI is InChI=1S/C24H23F3N8O4/c1-12(19(36)32-16-5-3-4-15(31-16)14-6-28-23(29-7-14)24(25,26)27)35-11-30-18-17(35)20(37)34(8-13-9-38-10-13)22-21(39-22)33(18)2/h3-7,11-13,21-22H,8-10H2,1-2H3,(H,31,32,36)/t12-,21?,22?/m0/s1. The molecule has 3 aliphatic rings. The van der Waals surface area contributed by atoms with Gasteiger partial charge in [-0.2, -0.15) is 13.2 Å². The van der Waals surface area contributed by atoms with E-state index in [1.165, 1.54) is 10.9 Å². The minimum Gasteiger partial charge on any atom is -0.381 e. The minimum atomic E-state index is -4.66. The number of alkyl halides is 3. The number of halogens is 3. The van der Waals surface area contributed by atoms with Gasteiger partial charge in [-0.3, -0.25) is 9.59 Å². The van der Waals surface area contributed by atoms with Crippen molar-refractivity contribution in [3.05, 3.63) is 48.4 Å². The number of hydrogen-bond donors (Lipinski definition) is 1. The number of carbonyl (C=O) groups excluding carboxylic acids is 2. The molecule has 6 rings (SSSR count). The van der Waals surface area contributed by atoms with E-state index in [-0.39, 0.29) is 40.8 Å². The topological polar surface area (TPSA) is 131 Å². The summed E-state index contributed by atoms with van der Waals surface area (Å²) in [6.45, 7) is 3.26. The van der Waals surface area contributed by atoms with E-state index in [4.69, 9.17) is 9.47 Å². The van der Waals surface area contributed by atoms with Gasteiger partial charge in [0, 0.05) is 37.5 Å². The number of rotatable bonds is 6. The number of nitrogens with one attached hydrogen (secondary N) is 1. The van der Waals surface area contributed by atoms with Crippen LogP contribution < -0.4 is 10.2 Å². The van der Waals surface area contributed by atoms with Crippen LogP contribution in [0.2, 0.25) is 0 Å². The van der Waals surface area contributed by atoms with Crippen molar-refractivity contribution in [2.75, 3.05) is 37.0 Å². The molecule has 0 spiro atoms. The zero-order chi connectivity index (χ0) is 27.5. The summed E-state index contributed by atoms with van der Waals surface area (Å²) in [6.07, 6.45) is -1.88. The molecule has 1 N–H and O–H groups in total. The van der Waals surface area contributed by atoms with Gasteiger partial charge < -0.3 is 29.2 Å². The third-order valence-electron chi connectivity index (χ3n) is 6.87. The van der Waals surface area contributed by atoms with Crippen LogP contribution in [0.5, 0.6) is 0 Å². The van der Waals surface area contributed by atoms with Crippen molar-refractivity contribution in [2.24, 2.45) is 5.92 Å². The molecule has 0 aromatic carbocycles. The van der Waals surface area contributed by atoms with Crippen LogP contribution in [-0.4, -0.2) is 80.5 Å². The Bertz CT molecular complexity index is 1430. The van der Waals surface area contributed by atoms with Crippen molar-refractivity contribution in [1.82, 2.24) is 29.4 Å². The molecule has 12 nitrogen and oxygen atoms in total. The SMILES string of the molecule is C[C@@H](C(=O)Nc1cccc(-c2cnc(C(F)(F)F)nc2)n1)n1cnc2c1C(=O)N(CC1COC1)C1OC1N2C. The second-order valence-corrected chi connectivity index (χ2v) is 9.58. The lowest BCUT2D eigenvalue weighted by molar-refractivity contribution is -0.145. The Labute approximate surface area is 219 Å². The van der Waals surface area contributed by atoms with Crippen LogP contribution in [0.3, 0.4) is 0 Å². The molecule has 0 aliphatic carbocycles. The number of nitrogens with zero attached hydrogens (tertiary/aromatic N) is 7. The van der Waals surface area contributed by atoms with Crippen LogP contribution in [0, 0.1) is 5.92 Å². The van der Waals surface area contributed by atoms with Crippen molar-refractivity contribution in [1.29, 1.82) is 0 Å². The predicted molar refractivity (Wildman–Crippen MR) is 128 cm³/mol. The third kappa shape index (κ3) is 4.57. The van der Waals surface area contributed by atoms with Crippen LogP contribution in [0.1, 0.15) is 29.3 Å². The Kier molecular flexibility index (Phi) is 5.99. The molecular weight excluding hydrogens is 521 g/mol. The highest BCUT2D eigenvalue weighted by molar-refractivity contribution is 6.00. The molecule has 6 heterocycles. The average molecular weight is 544 g/mol. The molecule has 0 radical (unpaired) electrons. The van der Waals surface area contributed by atoms with Crippen molar-refractivity contribution in [3.63, 3.8) is 0 Å². The number of hydrogen-bond acceptors (Lipinski definition) is 9. The van der Waals surface area contributed by atoms with Crippen LogP contribution in [-0.2, 0) is 20.4 Å². The molecule has 3 atom stereocenters. The average Bonchev–Trinajstić information content (AvgIpc) is 3.56. The predicted octanol–water partition coefficient (Wildman–Crippen LogP) is 2.17. The first-order valence-electron chi connectivity index (χ1n) is 12.1. The third-order valence-corrected chi connectivity index (χ3v) is 6.87. The van der Waals surface area contributed by atoms with Crippen LogP contribution in [0.25, 0.3) is 11.3 Å². The minimum absolute atomic E-state index is 0.167. The number of ether oxygens (including phenoxy) is 2. The van der Waals surface area contributed by atoms with Gasteiger partial charge >= 0.3 is 6.18 Å². The highest BCUT2D eigenvalue weighted by Crippen LogP contribution is 2.39. The van der Waals surface area contributed by atoms with Crippen molar-refractivity contribution >= 4 is 23.5 Å². The number of amides is 2. The molecule has 15 heteroatoms. The molecule has 3 aromatic rings. The van der Waals surface area contributed by atoms with E-state index >= 15 is 0 Å². The Hall–Kier alpha value is -4.11. The number of pyridine rings is 1. The molecular formula is C24H23F3N8O4. The number of epoxide rings is 1. The van der Waals surface area contributed by atoms with E-state index < -0.39 is 30.2 Å². The summed E-state index contributed by atoms with van der Waals surface area (Å²) >= 11 is 0. The monoisotopic (exact) mass is 544 g/mol. The first-order valence-corrected chi connectivity index (χ1v) is 12.1. The Morgan fingerprint density at radius 2 is 1.92 bits per heavy atom. The molecule has 0 saturated carbocycles. The van der Waals surface area contributed by atoms with E-state index in [1.807, 2.05) is 0 Å². The van der Waals surface area contributed by atoms with Crippen LogP contribution in [0.15, 0.2) is 36.9 Å². The fraction of sp³-hybridized carbons (Fsp3) is 0.417. The largest absolute Gasteiger partial charge is 0.451 e. The van der Waals surface area contributed by atoms with Gasteiger partial charge in [0.25, 0.3) is 5.91 Å². The summed E-state index contributed by atoms with van der Waals surface area (Å²) in [5.41, 5.74) is 0.801. The first kappa shape index (κ1) is 25.2. The highest BCUT2D eigenvalue weighted by atomic mass is 19.4. The maximum atomic E-state index is 13.6. The molecule has 0 bridgehead atoms. The fourth-order valence-corrected chi connectivity index (χ4v) is 4.57. The van der Waals surface area contributed by atoms with E-state index in [1.54, 1.807) is 42.0 Å². The molecule has 2 amide bonds. The molecule has 3 aromatic heterocycles. The second-order valence-electron chi connectivity index (χ2n) is 9.58. The normalized spacial score (nSPS) is 21.5. The fourth-order valence-electron chi connectivity index (χ4n) is 4.57. The van der Waals surface area contributed by atoms with Gasteiger partial charge in [-0.25, -0.2) is 19.9 Å². The second kappa shape index (κ2) is 9.27. The lowest BCUT2D eigenvalue weighted by Crippen LogP contribution is -2.44. The summed E-state index contributed by atoms with van der Waals surface area (Å²) in [5.74, 6) is -1.21. The van der Waals surface area contributed by atoms with E-state index in [2.05, 4.69) is 25.3 Å². The van der Waals surface area contributed by atoms with Gasteiger partial charge in [-0.05, 0) is 19.1 Å². The summed E-state index contributed by atoms with van der Waals surface area (Å²) < 4.78 is 50.9. The summed E-state index contributed by atoms with van der Waals surface area (Å²) in [7, 11) is 1.79. The number of fused-ring (bicyclic) bond motifs is 2. The van der Waals surface area contributed by atoms with Crippen LogP contribution in [0.4, 0.5) is 24.8 Å². The molecule has 39 heavy (non-hydrogen) atoms. The maximum Gasteiger partial charge on any atom is 0.451 e. The van der Waals surface area contributed by atoms with Gasteiger partial charge in [0.2, 0.25) is 11.7 Å². The lowest BCUT2D eigenvalue weighted by Gasteiger charge is -2.31. The van der Waals surface area contributed by atoms with Gasteiger partial charge in [-0.15, -0.1) is 0 Å². The molecule has 3 aliphatic heterocycles. The summed E-state index contributed by atoms with van der Waals surface area (Å²) in [4.78, 5) is 45.8. The molecule has 2 saturated heterocycles. The number of carbonyl (C=O) groups is 2. The Morgan fingerprint density at radius 1 is 1.18 bits per heavy atom. The zero-order valence-electron chi connectivity index (χ0n) is 20.8. The lowest BCUT2D eigenvalue weighted by atomic mass is 10.1. The maximum absolute atomic E-state index is 13.6. The van der Waals surface area contributed by atoms with E-state index in [9.17, 15) is 22.8 Å². The van der Waals surface area contributed by atoms with Crippen molar-refractivity contribution in [3.8, 4) is 11.3 Å². The Morgan fingerprint density at radius 3 is 2.59 bits per heavy atom. The number of anilines is 2. The van der Waals surface area contributed by atoms with Crippen LogP contribution >= 0.6 is 0 Å². The summed E-state index contributed by atoms with van der Waals surface area (Å²) in [5, 5.41) is 2.70. The molecule has 2 fully saturated rings. The van der Waals surface area contributed by atoms with Gasteiger partial charge in [0.05, 0.1) is 25.2 Å². The molecule has 204 valence electrons. The van der Waals surface area contributed by atoms with Gasteiger partial charge in [-0.1, -0.05) is 6.07 Å². The van der Waals surface area contributed by atoms with E-state index in [0.29, 0.717) is 25.6 Å². The number of aromatic nitrogens is 5. The highest BCUT2D eigenvalue weighted by Gasteiger charge is 2.54. The van der Waals surface area contributed by atoms with Gasteiger partial charge in [0.15, 0.2) is 24.0 Å². The summed E-state index contributed by atoms with van der Waals surface area (Å²) in [6, 6.07) is 3.85.